The molecule has 2 saturated heterocycles. The molecular formula is C9H16N2O. The molecule has 2 bridgehead atoms. The monoisotopic (exact) mass is 168 g/mol. The van der Waals surface area contributed by atoms with Gasteiger partial charge in [-0.1, -0.05) is 0 Å². The molecule has 2 unspecified atom stereocenters. The van der Waals surface area contributed by atoms with Crippen molar-refractivity contribution in [3.05, 3.63) is 0 Å². The van der Waals surface area contributed by atoms with E-state index in [2.05, 4.69) is 10.6 Å². The van der Waals surface area contributed by atoms with Gasteiger partial charge in [0.25, 0.3) is 0 Å². The van der Waals surface area contributed by atoms with Gasteiger partial charge in [-0.25, -0.2) is 0 Å². The van der Waals surface area contributed by atoms with E-state index in [1.165, 1.54) is 19.3 Å². The van der Waals surface area contributed by atoms with E-state index in [1.807, 2.05) is 0 Å². The van der Waals surface area contributed by atoms with Gasteiger partial charge in [0.05, 0.1) is 6.54 Å². The number of ketones is 1. The maximum absolute atomic E-state index is 11.3. The van der Waals surface area contributed by atoms with E-state index < -0.39 is 0 Å². The molecule has 0 spiro atoms. The van der Waals surface area contributed by atoms with Crippen molar-refractivity contribution in [2.24, 2.45) is 0 Å². The SMILES string of the molecule is O=C1CNCCC2CCC(C1)N2. The quantitative estimate of drug-likeness (QED) is 0.537. The van der Waals surface area contributed by atoms with Crippen molar-refractivity contribution in [3.63, 3.8) is 0 Å². The lowest BCUT2D eigenvalue weighted by Gasteiger charge is -2.10. The van der Waals surface area contributed by atoms with Gasteiger partial charge in [-0.15, -0.1) is 0 Å². The molecule has 0 saturated carbocycles. The third-order valence-electron chi connectivity index (χ3n) is 2.80. The Kier molecular flexibility index (Phi) is 2.42. The Balaban J connectivity index is 1.96. The molecule has 0 aromatic carbocycles. The zero-order valence-electron chi connectivity index (χ0n) is 7.31. The van der Waals surface area contributed by atoms with Crippen molar-refractivity contribution >= 4 is 5.78 Å². The minimum Gasteiger partial charge on any atom is -0.311 e. The van der Waals surface area contributed by atoms with Crippen molar-refractivity contribution in [1.82, 2.24) is 10.6 Å². The van der Waals surface area contributed by atoms with Gasteiger partial charge in [-0.3, -0.25) is 4.79 Å². The average molecular weight is 168 g/mol. The summed E-state index contributed by atoms with van der Waals surface area (Å²) < 4.78 is 0. The van der Waals surface area contributed by atoms with Gasteiger partial charge in [0.1, 0.15) is 5.78 Å². The second-order valence-electron chi connectivity index (χ2n) is 3.85. The number of carbonyl (C=O) groups excluding carboxylic acids is 1. The van der Waals surface area contributed by atoms with Crippen LogP contribution in [-0.4, -0.2) is 31.0 Å². The summed E-state index contributed by atoms with van der Waals surface area (Å²) in [6.45, 7) is 1.56. The predicted molar refractivity (Wildman–Crippen MR) is 47.1 cm³/mol. The third-order valence-corrected chi connectivity index (χ3v) is 2.80. The second kappa shape index (κ2) is 3.54. The summed E-state index contributed by atoms with van der Waals surface area (Å²) in [6.07, 6.45) is 4.34. The van der Waals surface area contributed by atoms with E-state index >= 15 is 0 Å². The van der Waals surface area contributed by atoms with Crippen LogP contribution in [0.3, 0.4) is 0 Å². The van der Waals surface area contributed by atoms with Crippen LogP contribution in [0.5, 0.6) is 0 Å². The van der Waals surface area contributed by atoms with Crippen LogP contribution >= 0.6 is 0 Å². The summed E-state index contributed by atoms with van der Waals surface area (Å²) in [7, 11) is 0. The highest BCUT2D eigenvalue weighted by Gasteiger charge is 2.25. The number of carbonyl (C=O) groups is 1. The molecule has 2 atom stereocenters. The summed E-state index contributed by atoms with van der Waals surface area (Å²) in [5.41, 5.74) is 0. The van der Waals surface area contributed by atoms with E-state index in [4.69, 9.17) is 0 Å². The Morgan fingerprint density at radius 3 is 2.92 bits per heavy atom. The van der Waals surface area contributed by atoms with Gasteiger partial charge < -0.3 is 10.6 Å². The van der Waals surface area contributed by atoms with E-state index in [0.717, 1.165) is 13.0 Å². The number of hydrogen-bond donors (Lipinski definition) is 2. The molecule has 3 heteroatoms. The number of fused-ring (bicyclic) bond motifs is 2. The molecular weight excluding hydrogens is 152 g/mol. The maximum atomic E-state index is 11.3. The van der Waals surface area contributed by atoms with Crippen LogP contribution in [0.15, 0.2) is 0 Å². The number of Topliss-reactive ketones (excluding diaryl/α,β-unsaturated/α-hetero) is 1. The van der Waals surface area contributed by atoms with Crippen LogP contribution in [0.1, 0.15) is 25.7 Å². The van der Waals surface area contributed by atoms with Gasteiger partial charge in [-0.2, -0.15) is 0 Å². The fourth-order valence-corrected chi connectivity index (χ4v) is 2.14. The molecule has 2 aliphatic rings. The lowest BCUT2D eigenvalue weighted by atomic mass is 10.1. The van der Waals surface area contributed by atoms with Crippen molar-refractivity contribution in [2.75, 3.05) is 13.1 Å². The van der Waals surface area contributed by atoms with Gasteiger partial charge in [0.15, 0.2) is 0 Å². The van der Waals surface area contributed by atoms with Crippen LogP contribution in [0.4, 0.5) is 0 Å². The summed E-state index contributed by atoms with van der Waals surface area (Å²) in [5.74, 6) is 0.357. The molecule has 2 heterocycles. The van der Waals surface area contributed by atoms with Crippen molar-refractivity contribution < 1.29 is 4.79 Å². The smallest absolute Gasteiger partial charge is 0.148 e. The van der Waals surface area contributed by atoms with Crippen molar-refractivity contribution in [1.29, 1.82) is 0 Å². The Morgan fingerprint density at radius 2 is 2.00 bits per heavy atom. The van der Waals surface area contributed by atoms with E-state index in [9.17, 15) is 4.79 Å². The first-order chi connectivity index (χ1) is 5.84. The van der Waals surface area contributed by atoms with E-state index in [-0.39, 0.29) is 0 Å². The molecule has 2 aliphatic heterocycles. The lowest BCUT2D eigenvalue weighted by molar-refractivity contribution is -0.118. The minimum absolute atomic E-state index is 0.357. The Morgan fingerprint density at radius 1 is 1.17 bits per heavy atom. The van der Waals surface area contributed by atoms with Crippen LogP contribution < -0.4 is 10.6 Å². The van der Waals surface area contributed by atoms with Crippen molar-refractivity contribution in [3.8, 4) is 0 Å². The number of hydrogen-bond acceptors (Lipinski definition) is 3. The maximum Gasteiger partial charge on any atom is 0.148 e. The normalized spacial score (nSPS) is 37.2. The topological polar surface area (TPSA) is 41.1 Å². The summed E-state index contributed by atoms with van der Waals surface area (Å²) >= 11 is 0. The second-order valence-corrected chi connectivity index (χ2v) is 3.85. The Hall–Kier alpha value is -0.410. The fourth-order valence-electron chi connectivity index (χ4n) is 2.14. The minimum atomic E-state index is 0.357. The fraction of sp³-hybridized carbons (Fsp3) is 0.889. The highest BCUT2D eigenvalue weighted by Crippen LogP contribution is 2.17. The Bertz CT molecular complexity index is 181. The molecule has 2 fully saturated rings. The molecule has 68 valence electrons. The highest BCUT2D eigenvalue weighted by atomic mass is 16.1. The third kappa shape index (κ3) is 1.84. The molecule has 12 heavy (non-hydrogen) atoms. The van der Waals surface area contributed by atoms with Crippen LogP contribution in [0.2, 0.25) is 0 Å². The first kappa shape index (κ1) is 8.20. The number of rotatable bonds is 0. The first-order valence-electron chi connectivity index (χ1n) is 4.83. The molecule has 0 amide bonds. The highest BCUT2D eigenvalue weighted by molar-refractivity contribution is 5.81. The van der Waals surface area contributed by atoms with E-state index in [0.29, 0.717) is 24.4 Å². The van der Waals surface area contributed by atoms with Gasteiger partial charge in [-0.05, 0) is 25.8 Å². The van der Waals surface area contributed by atoms with Crippen molar-refractivity contribution in [2.45, 2.75) is 37.8 Å². The van der Waals surface area contributed by atoms with Gasteiger partial charge in [0.2, 0.25) is 0 Å². The lowest BCUT2D eigenvalue weighted by Crippen LogP contribution is -2.30. The molecule has 0 aromatic heterocycles. The van der Waals surface area contributed by atoms with Gasteiger partial charge in [0, 0.05) is 18.5 Å². The zero-order valence-corrected chi connectivity index (χ0v) is 7.31. The van der Waals surface area contributed by atoms with Crippen LogP contribution in [0.25, 0.3) is 0 Å². The van der Waals surface area contributed by atoms with Crippen LogP contribution in [-0.2, 0) is 4.79 Å². The van der Waals surface area contributed by atoms with Crippen LogP contribution in [0, 0.1) is 0 Å². The summed E-state index contributed by atoms with van der Waals surface area (Å²) in [4.78, 5) is 11.3. The molecule has 0 aromatic rings. The number of nitrogens with one attached hydrogen (secondary N) is 2. The Labute approximate surface area is 72.9 Å². The van der Waals surface area contributed by atoms with E-state index in [1.54, 1.807) is 0 Å². The molecule has 0 radical (unpaired) electrons. The predicted octanol–water partition coefficient (Wildman–Crippen LogP) is 0.0595. The molecule has 3 nitrogen and oxygen atoms in total. The largest absolute Gasteiger partial charge is 0.311 e. The standard InChI is InChI=1S/C9H16N2O/c12-9-5-8-2-1-7(11-8)3-4-10-6-9/h7-8,10-11H,1-6H2. The molecule has 2 N–H and O–H groups in total. The molecule has 2 rings (SSSR count). The molecule has 0 aliphatic carbocycles. The zero-order chi connectivity index (χ0) is 8.39. The van der Waals surface area contributed by atoms with Gasteiger partial charge >= 0.3 is 0 Å². The average Bonchev–Trinajstić information content (AvgIpc) is 2.49. The summed E-state index contributed by atoms with van der Waals surface area (Å²) in [6, 6.07) is 1.13. The summed E-state index contributed by atoms with van der Waals surface area (Å²) in [5, 5.41) is 6.67. The first-order valence-corrected chi connectivity index (χ1v) is 4.83.